The van der Waals surface area contributed by atoms with Crippen molar-refractivity contribution >= 4 is 11.7 Å². The van der Waals surface area contributed by atoms with Gasteiger partial charge in [-0.15, -0.1) is 0 Å². The first-order valence-corrected chi connectivity index (χ1v) is 5.19. The second-order valence-electron chi connectivity index (χ2n) is 4.14. The summed E-state index contributed by atoms with van der Waals surface area (Å²) in [6, 6.07) is 2.09. The number of nitrogens with two attached hydrogens (primary N) is 1. The maximum absolute atomic E-state index is 13.2. The number of rotatable bonds is 2. The minimum Gasteiger partial charge on any atom is -0.481 e. The first kappa shape index (κ1) is 11.8. The van der Waals surface area contributed by atoms with Gasteiger partial charge in [-0.05, 0) is 24.1 Å². The van der Waals surface area contributed by atoms with Crippen LogP contribution in [0.4, 0.5) is 14.5 Å². The molecule has 2 rings (SSSR count). The number of benzene rings is 1. The Hall–Kier alpha value is -1.69. The zero-order valence-corrected chi connectivity index (χ0v) is 8.91. The quantitative estimate of drug-likeness (QED) is 0.683. The third-order valence-corrected chi connectivity index (χ3v) is 2.96. The Labute approximate surface area is 96.4 Å². The second-order valence-corrected chi connectivity index (χ2v) is 4.14. The number of hydrogen-bond acceptors (Lipinski definition) is 3. The molecule has 0 saturated carbocycles. The molecule has 2 unspecified atom stereocenters. The molecule has 0 radical (unpaired) electrons. The number of halogens is 2. The molecule has 92 valence electrons. The molecule has 1 aromatic rings. The van der Waals surface area contributed by atoms with E-state index in [4.69, 9.17) is 10.8 Å². The maximum atomic E-state index is 13.2. The fraction of sp³-hybridized carbons (Fsp3) is 0.364. The third-order valence-electron chi connectivity index (χ3n) is 2.96. The van der Waals surface area contributed by atoms with Gasteiger partial charge in [0.25, 0.3) is 0 Å². The van der Waals surface area contributed by atoms with Crippen LogP contribution in [0.5, 0.6) is 0 Å². The van der Waals surface area contributed by atoms with Crippen molar-refractivity contribution in [2.45, 2.75) is 12.5 Å². The Kier molecular flexibility index (Phi) is 2.97. The molecule has 17 heavy (non-hydrogen) atoms. The number of hydrogen-bond donors (Lipinski definition) is 3. The van der Waals surface area contributed by atoms with Crippen molar-refractivity contribution in [1.82, 2.24) is 5.32 Å². The van der Waals surface area contributed by atoms with E-state index in [1.54, 1.807) is 0 Å². The summed E-state index contributed by atoms with van der Waals surface area (Å²) in [5.41, 5.74) is 5.54. The van der Waals surface area contributed by atoms with Crippen LogP contribution in [0.2, 0.25) is 0 Å². The molecular weight excluding hydrogens is 230 g/mol. The average Bonchev–Trinajstić information content (AvgIpc) is 2.74. The monoisotopic (exact) mass is 242 g/mol. The molecule has 4 N–H and O–H groups in total. The summed E-state index contributed by atoms with van der Waals surface area (Å²) in [6.45, 7) is 0.318. The predicted molar refractivity (Wildman–Crippen MR) is 57.3 cm³/mol. The number of aliphatic carboxylic acids is 1. The van der Waals surface area contributed by atoms with Gasteiger partial charge in [0.1, 0.15) is 0 Å². The van der Waals surface area contributed by atoms with Crippen LogP contribution in [-0.4, -0.2) is 17.6 Å². The van der Waals surface area contributed by atoms with Crippen LogP contribution in [0.1, 0.15) is 18.0 Å². The molecule has 1 saturated heterocycles. The lowest BCUT2D eigenvalue weighted by Gasteiger charge is -2.12. The molecule has 1 aromatic carbocycles. The SMILES string of the molecule is Nc1cc(C2CC(C(=O)O)CN2)cc(F)c1F. The molecule has 0 bridgehead atoms. The van der Waals surface area contributed by atoms with Crippen LogP contribution < -0.4 is 11.1 Å². The number of nitrogens with one attached hydrogen (secondary N) is 1. The Morgan fingerprint density at radius 2 is 2.18 bits per heavy atom. The predicted octanol–water partition coefficient (Wildman–Crippen LogP) is 1.28. The van der Waals surface area contributed by atoms with Crippen LogP contribution in [0.3, 0.4) is 0 Å². The van der Waals surface area contributed by atoms with E-state index in [1.165, 1.54) is 6.07 Å². The van der Waals surface area contributed by atoms with E-state index in [0.717, 1.165) is 6.07 Å². The zero-order valence-electron chi connectivity index (χ0n) is 8.91. The summed E-state index contributed by atoms with van der Waals surface area (Å²) in [5, 5.41) is 11.8. The van der Waals surface area contributed by atoms with E-state index in [-0.39, 0.29) is 11.7 Å². The van der Waals surface area contributed by atoms with Crippen molar-refractivity contribution in [2.75, 3.05) is 12.3 Å². The highest BCUT2D eigenvalue weighted by Crippen LogP contribution is 2.30. The third kappa shape index (κ3) is 2.21. The first-order valence-electron chi connectivity index (χ1n) is 5.19. The van der Waals surface area contributed by atoms with Crippen molar-refractivity contribution in [3.8, 4) is 0 Å². The molecule has 1 heterocycles. The summed E-state index contributed by atoms with van der Waals surface area (Å²) in [5.74, 6) is -3.48. The lowest BCUT2D eigenvalue weighted by Crippen LogP contribution is -2.17. The highest BCUT2D eigenvalue weighted by Gasteiger charge is 2.30. The Morgan fingerprint density at radius 3 is 2.71 bits per heavy atom. The summed E-state index contributed by atoms with van der Waals surface area (Å²) in [6.07, 6.45) is 0.347. The fourth-order valence-electron chi connectivity index (χ4n) is 2.01. The molecule has 6 heteroatoms. The van der Waals surface area contributed by atoms with Crippen molar-refractivity contribution in [3.63, 3.8) is 0 Å². The molecule has 1 aliphatic heterocycles. The highest BCUT2D eigenvalue weighted by atomic mass is 19.2. The van der Waals surface area contributed by atoms with Gasteiger partial charge in [0, 0.05) is 12.6 Å². The number of carboxylic acids is 1. The van der Waals surface area contributed by atoms with E-state index >= 15 is 0 Å². The largest absolute Gasteiger partial charge is 0.481 e. The van der Waals surface area contributed by atoms with Crippen LogP contribution in [0.15, 0.2) is 12.1 Å². The summed E-state index contributed by atoms with van der Waals surface area (Å²) >= 11 is 0. The summed E-state index contributed by atoms with van der Waals surface area (Å²) < 4.78 is 26.1. The Bertz CT molecular complexity index is 442. The Balaban J connectivity index is 2.22. The maximum Gasteiger partial charge on any atom is 0.307 e. The molecule has 0 aliphatic carbocycles. The Morgan fingerprint density at radius 1 is 1.47 bits per heavy atom. The van der Waals surface area contributed by atoms with Gasteiger partial charge in [-0.2, -0.15) is 0 Å². The van der Waals surface area contributed by atoms with Gasteiger partial charge in [0.2, 0.25) is 0 Å². The molecule has 2 atom stereocenters. The van der Waals surface area contributed by atoms with Gasteiger partial charge in [-0.25, -0.2) is 8.78 Å². The molecular formula is C11H12F2N2O2. The van der Waals surface area contributed by atoms with E-state index in [9.17, 15) is 13.6 Å². The van der Waals surface area contributed by atoms with Crippen molar-refractivity contribution < 1.29 is 18.7 Å². The molecule has 4 nitrogen and oxygen atoms in total. The topological polar surface area (TPSA) is 75.4 Å². The zero-order chi connectivity index (χ0) is 12.6. The summed E-state index contributed by atoms with van der Waals surface area (Å²) in [4.78, 5) is 10.8. The van der Waals surface area contributed by atoms with Crippen molar-refractivity contribution in [2.24, 2.45) is 5.92 Å². The minimum absolute atomic E-state index is 0.263. The normalized spacial score (nSPS) is 23.9. The van der Waals surface area contributed by atoms with Gasteiger partial charge >= 0.3 is 5.97 Å². The molecule has 0 aromatic heterocycles. The van der Waals surface area contributed by atoms with Crippen LogP contribution in [0.25, 0.3) is 0 Å². The van der Waals surface area contributed by atoms with Gasteiger partial charge in [-0.3, -0.25) is 4.79 Å². The number of carboxylic acid groups (broad SMARTS) is 1. The van der Waals surface area contributed by atoms with E-state index in [2.05, 4.69) is 5.32 Å². The van der Waals surface area contributed by atoms with Gasteiger partial charge in [-0.1, -0.05) is 0 Å². The molecule has 0 spiro atoms. The van der Waals surface area contributed by atoms with E-state index in [1.807, 2.05) is 0 Å². The van der Waals surface area contributed by atoms with Gasteiger partial charge < -0.3 is 16.2 Å². The fourth-order valence-corrected chi connectivity index (χ4v) is 2.01. The molecule has 1 aliphatic rings. The number of nitrogen functional groups attached to an aromatic ring is 1. The lowest BCUT2D eigenvalue weighted by atomic mass is 9.99. The molecule has 1 fully saturated rings. The minimum atomic E-state index is -1.07. The number of carbonyl (C=O) groups is 1. The van der Waals surface area contributed by atoms with Crippen LogP contribution in [0, 0.1) is 17.6 Å². The van der Waals surface area contributed by atoms with Crippen LogP contribution >= 0.6 is 0 Å². The van der Waals surface area contributed by atoms with Gasteiger partial charge in [0.05, 0.1) is 11.6 Å². The van der Waals surface area contributed by atoms with Gasteiger partial charge in [0.15, 0.2) is 11.6 Å². The van der Waals surface area contributed by atoms with E-state index in [0.29, 0.717) is 18.5 Å². The smallest absolute Gasteiger partial charge is 0.307 e. The standard InChI is InChI=1S/C11H12F2N2O2/c12-7-1-5(2-8(14)10(7)13)9-3-6(4-15-9)11(16)17/h1-2,6,9,15H,3-4,14H2,(H,16,17). The highest BCUT2D eigenvalue weighted by molar-refractivity contribution is 5.70. The molecule has 0 amide bonds. The average molecular weight is 242 g/mol. The van der Waals surface area contributed by atoms with E-state index < -0.39 is 23.5 Å². The first-order chi connectivity index (χ1) is 7.99. The van der Waals surface area contributed by atoms with Crippen molar-refractivity contribution in [3.05, 3.63) is 29.3 Å². The second kappa shape index (κ2) is 4.29. The number of anilines is 1. The summed E-state index contributed by atoms with van der Waals surface area (Å²) in [7, 11) is 0. The lowest BCUT2D eigenvalue weighted by molar-refractivity contribution is -0.141. The van der Waals surface area contributed by atoms with Crippen LogP contribution in [-0.2, 0) is 4.79 Å². The van der Waals surface area contributed by atoms with Crippen molar-refractivity contribution in [1.29, 1.82) is 0 Å².